The van der Waals surface area contributed by atoms with E-state index in [0.29, 0.717) is 47.3 Å². The molecule has 0 saturated carbocycles. The van der Waals surface area contributed by atoms with E-state index in [-0.39, 0.29) is 22.5 Å². The van der Waals surface area contributed by atoms with Crippen molar-refractivity contribution >= 4 is 44.4 Å². The summed E-state index contributed by atoms with van der Waals surface area (Å²) in [5.41, 5.74) is 2.37. The standard InChI is InChI=1S/C21H22N10O3S/c1-12-8-17(25-13(2)24-12)28-35(33,34)16-6-4-15(5-7-16)26-21(32)14-9-31(10-14)20-18-19(22-11-23-20)30(3)29-27-18/h4-8,11,14H,9-10H2,1-3H3,(H,26,32)(H,24,25,28). The Balaban J connectivity index is 1.21. The van der Waals surface area contributed by atoms with E-state index in [1.165, 1.54) is 18.5 Å². The molecule has 1 amide bonds. The molecule has 0 unspecified atom stereocenters. The molecule has 1 fully saturated rings. The van der Waals surface area contributed by atoms with Gasteiger partial charge in [-0.25, -0.2) is 33.0 Å². The van der Waals surface area contributed by atoms with E-state index < -0.39 is 10.0 Å². The number of aryl methyl sites for hydroxylation is 3. The summed E-state index contributed by atoms with van der Waals surface area (Å²) in [5, 5.41) is 10.9. The summed E-state index contributed by atoms with van der Waals surface area (Å²) < 4.78 is 29.4. The van der Waals surface area contributed by atoms with Crippen LogP contribution in [0.5, 0.6) is 0 Å². The molecule has 0 spiro atoms. The number of anilines is 3. The predicted molar refractivity (Wildman–Crippen MR) is 127 cm³/mol. The summed E-state index contributed by atoms with van der Waals surface area (Å²) in [6.45, 7) is 4.40. The second kappa shape index (κ2) is 8.54. The van der Waals surface area contributed by atoms with Crippen molar-refractivity contribution in [2.24, 2.45) is 13.0 Å². The van der Waals surface area contributed by atoms with Crippen molar-refractivity contribution in [3.8, 4) is 0 Å². The normalized spacial score (nSPS) is 14.1. The third-order valence-electron chi connectivity index (χ3n) is 5.56. The minimum Gasteiger partial charge on any atom is -0.353 e. The van der Waals surface area contributed by atoms with Gasteiger partial charge < -0.3 is 10.2 Å². The van der Waals surface area contributed by atoms with E-state index in [2.05, 4.69) is 40.3 Å². The fourth-order valence-corrected chi connectivity index (χ4v) is 4.81. The molecule has 0 aliphatic carbocycles. The number of amides is 1. The summed E-state index contributed by atoms with van der Waals surface area (Å²) in [6, 6.07) is 7.51. The zero-order valence-corrected chi connectivity index (χ0v) is 20.0. The number of sulfonamides is 1. The number of carbonyl (C=O) groups excluding carboxylic acids is 1. The smallest absolute Gasteiger partial charge is 0.263 e. The zero-order valence-electron chi connectivity index (χ0n) is 19.2. The highest BCUT2D eigenvalue weighted by Gasteiger charge is 2.35. The van der Waals surface area contributed by atoms with Crippen molar-refractivity contribution in [1.29, 1.82) is 0 Å². The van der Waals surface area contributed by atoms with E-state index in [1.54, 1.807) is 43.8 Å². The van der Waals surface area contributed by atoms with Crippen LogP contribution in [-0.4, -0.2) is 62.3 Å². The van der Waals surface area contributed by atoms with E-state index in [1.807, 2.05) is 4.90 Å². The molecule has 14 heteroatoms. The lowest BCUT2D eigenvalue weighted by Gasteiger charge is -2.38. The van der Waals surface area contributed by atoms with Gasteiger partial charge in [-0.1, -0.05) is 5.21 Å². The largest absolute Gasteiger partial charge is 0.353 e. The molecule has 13 nitrogen and oxygen atoms in total. The molecule has 0 atom stereocenters. The number of nitrogens with zero attached hydrogens (tertiary/aromatic N) is 8. The first-order chi connectivity index (χ1) is 16.7. The lowest BCUT2D eigenvalue weighted by atomic mass is 9.99. The Morgan fingerprint density at radius 2 is 1.83 bits per heavy atom. The average Bonchev–Trinajstić information content (AvgIpc) is 3.14. The molecule has 1 aliphatic rings. The minimum atomic E-state index is -3.84. The molecule has 2 N–H and O–H groups in total. The second-order valence-electron chi connectivity index (χ2n) is 8.25. The molecular formula is C21H22N10O3S. The Morgan fingerprint density at radius 1 is 1.09 bits per heavy atom. The summed E-state index contributed by atoms with van der Waals surface area (Å²) >= 11 is 0. The molecule has 0 radical (unpaired) electrons. The third-order valence-corrected chi connectivity index (χ3v) is 6.93. The number of hydrogen-bond donors (Lipinski definition) is 2. The van der Waals surface area contributed by atoms with Crippen LogP contribution in [0.1, 0.15) is 11.5 Å². The number of nitrogens with one attached hydrogen (secondary N) is 2. The van der Waals surface area contributed by atoms with E-state index in [4.69, 9.17) is 0 Å². The van der Waals surface area contributed by atoms with Gasteiger partial charge in [-0.15, -0.1) is 5.10 Å². The summed E-state index contributed by atoms with van der Waals surface area (Å²) in [7, 11) is -2.09. The molecule has 1 aromatic carbocycles. The SMILES string of the molecule is Cc1cc(NS(=O)(=O)c2ccc(NC(=O)C3CN(c4ncnc5c4nnn5C)C3)cc2)nc(C)n1. The van der Waals surface area contributed by atoms with E-state index in [0.717, 1.165) is 0 Å². The van der Waals surface area contributed by atoms with Crippen molar-refractivity contribution in [2.75, 3.05) is 28.0 Å². The number of hydrogen-bond acceptors (Lipinski definition) is 10. The van der Waals surface area contributed by atoms with Crippen LogP contribution in [0.3, 0.4) is 0 Å². The fourth-order valence-electron chi connectivity index (χ4n) is 3.82. The number of fused-ring (bicyclic) bond motifs is 1. The summed E-state index contributed by atoms with van der Waals surface area (Å²) in [4.78, 5) is 31.4. The molecule has 1 saturated heterocycles. The number of benzene rings is 1. The van der Waals surface area contributed by atoms with Gasteiger partial charge >= 0.3 is 0 Å². The fraction of sp³-hybridized carbons (Fsp3) is 0.286. The summed E-state index contributed by atoms with van der Waals surface area (Å²) in [6.07, 6.45) is 1.45. The first kappa shape index (κ1) is 22.6. The highest BCUT2D eigenvalue weighted by molar-refractivity contribution is 7.92. The second-order valence-corrected chi connectivity index (χ2v) is 9.93. The van der Waals surface area contributed by atoms with Gasteiger partial charge in [-0.3, -0.25) is 9.52 Å². The highest BCUT2D eigenvalue weighted by atomic mass is 32.2. The predicted octanol–water partition coefficient (Wildman–Crippen LogP) is 1.04. The Bertz CT molecular complexity index is 1510. The third kappa shape index (κ3) is 4.47. The molecule has 1 aliphatic heterocycles. The Hall–Kier alpha value is -4.20. The van der Waals surface area contributed by atoms with Crippen LogP contribution in [0.15, 0.2) is 41.6 Å². The van der Waals surface area contributed by atoms with Crippen LogP contribution < -0.4 is 14.9 Å². The Kier molecular flexibility index (Phi) is 5.51. The van der Waals surface area contributed by atoms with Crippen LogP contribution in [0.4, 0.5) is 17.3 Å². The molecule has 180 valence electrons. The van der Waals surface area contributed by atoms with Crippen LogP contribution in [0.2, 0.25) is 0 Å². The van der Waals surface area contributed by atoms with Crippen molar-refractivity contribution in [3.05, 3.63) is 48.2 Å². The maximum absolute atomic E-state index is 12.7. The molecule has 4 heterocycles. The summed E-state index contributed by atoms with van der Waals surface area (Å²) in [5.74, 6) is 0.904. The van der Waals surface area contributed by atoms with Gasteiger partial charge in [0.2, 0.25) is 5.91 Å². The maximum atomic E-state index is 12.7. The average molecular weight is 495 g/mol. The number of aromatic nitrogens is 7. The van der Waals surface area contributed by atoms with E-state index >= 15 is 0 Å². The van der Waals surface area contributed by atoms with Gasteiger partial charge in [0.25, 0.3) is 10.0 Å². The zero-order chi connectivity index (χ0) is 24.7. The quantitative estimate of drug-likeness (QED) is 0.396. The van der Waals surface area contributed by atoms with Gasteiger partial charge in [0, 0.05) is 37.6 Å². The van der Waals surface area contributed by atoms with Crippen LogP contribution in [0.25, 0.3) is 11.2 Å². The molecule has 4 aromatic rings. The van der Waals surface area contributed by atoms with Gasteiger partial charge in [-0.2, -0.15) is 0 Å². The van der Waals surface area contributed by atoms with Crippen LogP contribution >= 0.6 is 0 Å². The molecule has 5 rings (SSSR count). The van der Waals surface area contributed by atoms with Crippen molar-refractivity contribution in [3.63, 3.8) is 0 Å². The number of rotatable bonds is 6. The van der Waals surface area contributed by atoms with Crippen LogP contribution in [0, 0.1) is 19.8 Å². The van der Waals surface area contributed by atoms with E-state index in [9.17, 15) is 13.2 Å². The van der Waals surface area contributed by atoms with Crippen molar-refractivity contribution in [1.82, 2.24) is 34.9 Å². The van der Waals surface area contributed by atoms with Crippen molar-refractivity contribution < 1.29 is 13.2 Å². The molecule has 3 aromatic heterocycles. The first-order valence-electron chi connectivity index (χ1n) is 10.7. The van der Waals surface area contributed by atoms with Crippen LogP contribution in [-0.2, 0) is 21.9 Å². The topological polar surface area (TPSA) is 161 Å². The molecular weight excluding hydrogens is 472 g/mol. The number of carbonyl (C=O) groups is 1. The van der Waals surface area contributed by atoms with Gasteiger partial charge in [0.1, 0.15) is 18.0 Å². The van der Waals surface area contributed by atoms with Gasteiger partial charge in [0.15, 0.2) is 17.0 Å². The molecule has 35 heavy (non-hydrogen) atoms. The lowest BCUT2D eigenvalue weighted by molar-refractivity contribution is -0.120. The van der Waals surface area contributed by atoms with Gasteiger partial charge in [0.05, 0.1) is 10.8 Å². The maximum Gasteiger partial charge on any atom is 0.263 e. The Labute approximate surface area is 200 Å². The monoisotopic (exact) mass is 494 g/mol. The first-order valence-corrected chi connectivity index (χ1v) is 12.2. The lowest BCUT2D eigenvalue weighted by Crippen LogP contribution is -2.52. The highest BCUT2D eigenvalue weighted by Crippen LogP contribution is 2.28. The Morgan fingerprint density at radius 3 is 2.54 bits per heavy atom. The van der Waals surface area contributed by atoms with Gasteiger partial charge in [-0.05, 0) is 38.1 Å². The minimum absolute atomic E-state index is 0.0518. The molecule has 0 bridgehead atoms. The van der Waals surface area contributed by atoms with Crippen molar-refractivity contribution in [2.45, 2.75) is 18.7 Å².